The zero-order valence-electron chi connectivity index (χ0n) is 8.36. The van der Waals surface area contributed by atoms with Gasteiger partial charge in [0.15, 0.2) is 0 Å². The number of hydrogen-bond acceptors (Lipinski definition) is 5. The molecule has 0 aliphatic carbocycles. The first kappa shape index (κ1) is 9.45. The van der Waals surface area contributed by atoms with Crippen molar-refractivity contribution >= 4 is 11.8 Å². The number of nitrogen functional groups attached to an aromatic ring is 1. The fraction of sp³-hybridized carbons (Fsp3) is 0.222. The van der Waals surface area contributed by atoms with Crippen LogP contribution in [0, 0.1) is 6.92 Å². The van der Waals surface area contributed by atoms with Gasteiger partial charge in [-0.05, 0) is 13.0 Å². The van der Waals surface area contributed by atoms with Gasteiger partial charge in [-0.3, -0.25) is 5.10 Å². The van der Waals surface area contributed by atoms with Gasteiger partial charge in [0.1, 0.15) is 5.82 Å². The van der Waals surface area contributed by atoms with Gasteiger partial charge in [-0.25, -0.2) is 9.97 Å². The molecule has 78 valence electrons. The smallest absolute Gasteiger partial charge is 0.223 e. The molecule has 2 aromatic heterocycles. The lowest BCUT2D eigenvalue weighted by Gasteiger charge is -2.03. The molecule has 0 aliphatic rings. The van der Waals surface area contributed by atoms with E-state index in [4.69, 9.17) is 5.73 Å². The first-order valence-electron chi connectivity index (χ1n) is 4.57. The summed E-state index contributed by atoms with van der Waals surface area (Å²) in [7, 11) is 0. The second kappa shape index (κ2) is 3.95. The van der Waals surface area contributed by atoms with Crippen molar-refractivity contribution < 1.29 is 0 Å². The molecule has 0 aromatic carbocycles. The van der Waals surface area contributed by atoms with E-state index in [1.807, 2.05) is 13.0 Å². The highest BCUT2D eigenvalue weighted by Gasteiger charge is 2.01. The van der Waals surface area contributed by atoms with Crippen molar-refractivity contribution in [3.8, 4) is 0 Å². The SMILES string of the molecule is Cc1ccnc(NCc2cn[nH]c2N)n1. The van der Waals surface area contributed by atoms with Gasteiger partial charge < -0.3 is 11.1 Å². The Hall–Kier alpha value is -2.11. The molecule has 0 atom stereocenters. The first-order chi connectivity index (χ1) is 7.25. The number of nitrogens with zero attached hydrogens (tertiary/aromatic N) is 3. The van der Waals surface area contributed by atoms with Crippen LogP contribution in [0.3, 0.4) is 0 Å². The average Bonchev–Trinajstić information content (AvgIpc) is 2.61. The van der Waals surface area contributed by atoms with Gasteiger partial charge in [-0.1, -0.05) is 0 Å². The molecule has 2 aromatic rings. The number of rotatable bonds is 3. The van der Waals surface area contributed by atoms with Gasteiger partial charge in [0, 0.05) is 24.0 Å². The molecule has 0 radical (unpaired) electrons. The molecule has 0 spiro atoms. The number of hydrogen-bond donors (Lipinski definition) is 3. The Labute approximate surface area is 86.9 Å². The van der Waals surface area contributed by atoms with Gasteiger partial charge in [0.2, 0.25) is 5.95 Å². The quantitative estimate of drug-likeness (QED) is 0.684. The van der Waals surface area contributed by atoms with E-state index >= 15 is 0 Å². The van der Waals surface area contributed by atoms with Gasteiger partial charge in [0.25, 0.3) is 0 Å². The molecule has 0 saturated carbocycles. The third-order valence-corrected chi connectivity index (χ3v) is 1.98. The summed E-state index contributed by atoms with van der Waals surface area (Å²) >= 11 is 0. The average molecular weight is 204 g/mol. The Balaban J connectivity index is 2.02. The first-order valence-corrected chi connectivity index (χ1v) is 4.57. The predicted octanol–water partition coefficient (Wildman–Crippen LogP) is 0.702. The molecule has 0 saturated heterocycles. The molecule has 6 nitrogen and oxygen atoms in total. The van der Waals surface area contributed by atoms with Gasteiger partial charge in [0.05, 0.1) is 6.20 Å². The van der Waals surface area contributed by atoms with Crippen LogP contribution < -0.4 is 11.1 Å². The Kier molecular flexibility index (Phi) is 2.49. The van der Waals surface area contributed by atoms with Crippen molar-refractivity contribution in [2.45, 2.75) is 13.5 Å². The number of anilines is 2. The third kappa shape index (κ3) is 2.22. The lowest BCUT2D eigenvalue weighted by molar-refractivity contribution is 1.03. The molecule has 6 heteroatoms. The predicted molar refractivity (Wildman–Crippen MR) is 57.1 cm³/mol. The molecule has 0 bridgehead atoms. The van der Waals surface area contributed by atoms with E-state index in [-0.39, 0.29) is 0 Å². The maximum absolute atomic E-state index is 5.64. The van der Waals surface area contributed by atoms with E-state index in [2.05, 4.69) is 25.5 Å². The number of aromatic nitrogens is 4. The van der Waals surface area contributed by atoms with Crippen LogP contribution >= 0.6 is 0 Å². The summed E-state index contributed by atoms with van der Waals surface area (Å²) in [6.45, 7) is 2.48. The van der Waals surface area contributed by atoms with E-state index in [0.29, 0.717) is 18.3 Å². The van der Waals surface area contributed by atoms with E-state index < -0.39 is 0 Å². The van der Waals surface area contributed by atoms with Crippen molar-refractivity contribution in [3.63, 3.8) is 0 Å². The van der Waals surface area contributed by atoms with Crippen LogP contribution in [0.1, 0.15) is 11.3 Å². The van der Waals surface area contributed by atoms with Crippen LogP contribution in [-0.4, -0.2) is 20.2 Å². The van der Waals surface area contributed by atoms with Crippen LogP contribution in [0.15, 0.2) is 18.5 Å². The summed E-state index contributed by atoms with van der Waals surface area (Å²) in [6.07, 6.45) is 3.39. The van der Waals surface area contributed by atoms with E-state index in [0.717, 1.165) is 11.3 Å². The summed E-state index contributed by atoms with van der Waals surface area (Å²) in [5.41, 5.74) is 7.46. The zero-order chi connectivity index (χ0) is 10.7. The minimum Gasteiger partial charge on any atom is -0.384 e. The number of aryl methyl sites for hydroxylation is 1. The number of aromatic amines is 1. The van der Waals surface area contributed by atoms with Gasteiger partial charge >= 0.3 is 0 Å². The Morgan fingerprint density at radius 3 is 3.07 bits per heavy atom. The highest BCUT2D eigenvalue weighted by molar-refractivity contribution is 5.39. The number of nitrogens with one attached hydrogen (secondary N) is 2. The lowest BCUT2D eigenvalue weighted by atomic mass is 10.3. The summed E-state index contributed by atoms with van der Waals surface area (Å²) in [6, 6.07) is 1.84. The van der Waals surface area contributed by atoms with Crippen molar-refractivity contribution in [2.75, 3.05) is 11.1 Å². The topological polar surface area (TPSA) is 92.5 Å². The molecular weight excluding hydrogens is 192 g/mol. The van der Waals surface area contributed by atoms with Gasteiger partial charge in [-0.15, -0.1) is 0 Å². The van der Waals surface area contributed by atoms with Crippen LogP contribution in [0.25, 0.3) is 0 Å². The van der Waals surface area contributed by atoms with Gasteiger partial charge in [-0.2, -0.15) is 5.10 Å². The van der Waals surface area contributed by atoms with E-state index in [9.17, 15) is 0 Å². The molecule has 0 aliphatic heterocycles. The zero-order valence-corrected chi connectivity index (χ0v) is 8.36. The second-order valence-electron chi connectivity index (χ2n) is 3.18. The molecule has 0 amide bonds. The summed E-state index contributed by atoms with van der Waals surface area (Å²) in [5, 5.41) is 9.55. The van der Waals surface area contributed by atoms with Crippen molar-refractivity contribution in [1.82, 2.24) is 20.2 Å². The minimum absolute atomic E-state index is 0.561. The molecule has 4 N–H and O–H groups in total. The lowest BCUT2D eigenvalue weighted by Crippen LogP contribution is -2.04. The summed E-state index contributed by atoms with van der Waals surface area (Å²) < 4.78 is 0. The third-order valence-electron chi connectivity index (χ3n) is 1.98. The molecular formula is C9H12N6. The Morgan fingerprint density at radius 1 is 1.53 bits per heavy atom. The van der Waals surface area contributed by atoms with Crippen LogP contribution in [0.5, 0.6) is 0 Å². The highest BCUT2D eigenvalue weighted by Crippen LogP contribution is 2.08. The minimum atomic E-state index is 0.561. The normalized spacial score (nSPS) is 10.2. The fourth-order valence-electron chi connectivity index (χ4n) is 1.17. The van der Waals surface area contributed by atoms with Crippen molar-refractivity contribution in [1.29, 1.82) is 0 Å². The molecule has 2 rings (SSSR count). The fourth-order valence-corrected chi connectivity index (χ4v) is 1.17. The summed E-state index contributed by atoms with van der Waals surface area (Å²) in [4.78, 5) is 8.28. The Bertz CT molecular complexity index is 449. The maximum Gasteiger partial charge on any atom is 0.223 e. The number of H-pyrrole nitrogens is 1. The monoisotopic (exact) mass is 204 g/mol. The highest BCUT2D eigenvalue weighted by atomic mass is 15.2. The maximum atomic E-state index is 5.64. The van der Waals surface area contributed by atoms with E-state index in [1.165, 1.54) is 0 Å². The largest absolute Gasteiger partial charge is 0.384 e. The number of nitrogens with two attached hydrogens (primary N) is 1. The van der Waals surface area contributed by atoms with Crippen molar-refractivity contribution in [3.05, 3.63) is 29.7 Å². The molecule has 0 unspecified atom stereocenters. The second-order valence-corrected chi connectivity index (χ2v) is 3.18. The summed E-state index contributed by atoms with van der Waals surface area (Å²) in [5.74, 6) is 1.16. The molecule has 15 heavy (non-hydrogen) atoms. The van der Waals surface area contributed by atoms with E-state index in [1.54, 1.807) is 12.4 Å². The standard InChI is InChI=1S/C9H12N6/c1-6-2-3-11-9(14-6)12-4-7-5-13-15-8(7)10/h2-3,5H,4H2,1H3,(H3,10,13,15)(H,11,12,14). The Morgan fingerprint density at radius 2 is 2.40 bits per heavy atom. The van der Waals surface area contributed by atoms with Crippen LogP contribution in [0.4, 0.5) is 11.8 Å². The molecule has 0 fully saturated rings. The van der Waals surface area contributed by atoms with Crippen LogP contribution in [0.2, 0.25) is 0 Å². The van der Waals surface area contributed by atoms with Crippen LogP contribution in [-0.2, 0) is 6.54 Å². The van der Waals surface area contributed by atoms with Crippen molar-refractivity contribution in [2.24, 2.45) is 0 Å². The molecule has 2 heterocycles.